The molecule has 1 N–H and O–H groups in total. The van der Waals surface area contributed by atoms with E-state index < -0.39 is 0 Å². The lowest BCUT2D eigenvalue weighted by Gasteiger charge is -2.23. The van der Waals surface area contributed by atoms with E-state index in [9.17, 15) is 10.1 Å². The fourth-order valence-electron chi connectivity index (χ4n) is 1.93. The molecule has 0 aliphatic heterocycles. The molecule has 0 spiro atoms. The van der Waals surface area contributed by atoms with Crippen molar-refractivity contribution in [1.82, 2.24) is 5.32 Å². The highest BCUT2D eigenvalue weighted by atomic mass is 16.6. The lowest BCUT2D eigenvalue weighted by atomic mass is 9.88. The van der Waals surface area contributed by atoms with E-state index in [2.05, 4.69) is 25.2 Å². The predicted octanol–water partition coefficient (Wildman–Crippen LogP) is 3.06. The van der Waals surface area contributed by atoms with Gasteiger partial charge in [-0.3, -0.25) is 10.1 Å². The zero-order chi connectivity index (χ0) is 15.0. The number of non-ortho nitro benzene ring substituents is 1. The minimum atomic E-state index is -0.389. The molecule has 0 aliphatic rings. The van der Waals surface area contributed by atoms with Crippen molar-refractivity contribution in [1.29, 1.82) is 5.26 Å². The summed E-state index contributed by atoms with van der Waals surface area (Å²) in [5.74, 6) is 0. The first-order valence-electron chi connectivity index (χ1n) is 6.76. The standard InChI is InChI=1S/C15H21N3O2/c1-15(2,9-3-10-16)12-17-11-8-13-4-6-14(7-5-13)18(19)20/h4-7,17H,3,8-9,11-12H2,1-2H3. The van der Waals surface area contributed by atoms with Crippen molar-refractivity contribution in [2.75, 3.05) is 13.1 Å². The van der Waals surface area contributed by atoms with Gasteiger partial charge in [-0.15, -0.1) is 0 Å². The SMILES string of the molecule is CC(C)(CCC#N)CNCCc1ccc([N+](=O)[O-])cc1. The molecule has 0 saturated carbocycles. The summed E-state index contributed by atoms with van der Waals surface area (Å²) in [7, 11) is 0. The van der Waals surface area contributed by atoms with Gasteiger partial charge in [-0.05, 0) is 30.4 Å². The molecule has 0 fully saturated rings. The molecule has 0 aliphatic carbocycles. The van der Waals surface area contributed by atoms with Crippen molar-refractivity contribution in [2.24, 2.45) is 5.41 Å². The molecule has 0 atom stereocenters. The third-order valence-electron chi connectivity index (χ3n) is 3.25. The smallest absolute Gasteiger partial charge is 0.269 e. The number of nitro benzene ring substituents is 1. The Bertz CT molecular complexity index is 475. The van der Waals surface area contributed by atoms with Crippen LogP contribution in [-0.4, -0.2) is 18.0 Å². The van der Waals surface area contributed by atoms with Crippen LogP contribution in [0.1, 0.15) is 32.3 Å². The molecule has 108 valence electrons. The number of nitrogens with one attached hydrogen (secondary N) is 1. The van der Waals surface area contributed by atoms with Crippen LogP contribution in [0.5, 0.6) is 0 Å². The van der Waals surface area contributed by atoms with Gasteiger partial charge in [-0.25, -0.2) is 0 Å². The Hall–Kier alpha value is -1.93. The highest BCUT2D eigenvalue weighted by molar-refractivity contribution is 5.32. The lowest BCUT2D eigenvalue weighted by Crippen LogP contribution is -2.30. The van der Waals surface area contributed by atoms with Crippen LogP contribution >= 0.6 is 0 Å². The Balaban J connectivity index is 2.31. The Labute approximate surface area is 119 Å². The van der Waals surface area contributed by atoms with Gasteiger partial charge in [0.2, 0.25) is 0 Å². The van der Waals surface area contributed by atoms with Gasteiger partial charge in [0.05, 0.1) is 11.0 Å². The van der Waals surface area contributed by atoms with Crippen LogP contribution in [0, 0.1) is 26.9 Å². The van der Waals surface area contributed by atoms with Crippen LogP contribution < -0.4 is 5.32 Å². The molecule has 0 heterocycles. The summed E-state index contributed by atoms with van der Waals surface area (Å²) in [4.78, 5) is 10.2. The van der Waals surface area contributed by atoms with Crippen LogP contribution in [0.25, 0.3) is 0 Å². The van der Waals surface area contributed by atoms with Crippen LogP contribution in [0.15, 0.2) is 24.3 Å². The van der Waals surface area contributed by atoms with Gasteiger partial charge >= 0.3 is 0 Å². The minimum absolute atomic E-state index is 0.116. The van der Waals surface area contributed by atoms with Crippen molar-refractivity contribution in [3.05, 3.63) is 39.9 Å². The van der Waals surface area contributed by atoms with Crippen molar-refractivity contribution in [2.45, 2.75) is 33.1 Å². The maximum absolute atomic E-state index is 10.5. The molecule has 1 rings (SSSR count). The first kappa shape index (κ1) is 16.1. The van der Waals surface area contributed by atoms with E-state index in [1.807, 2.05) is 0 Å². The summed E-state index contributed by atoms with van der Waals surface area (Å²) < 4.78 is 0. The molecule has 5 heteroatoms. The average Bonchev–Trinajstić information content (AvgIpc) is 2.42. The monoisotopic (exact) mass is 275 g/mol. The zero-order valence-corrected chi connectivity index (χ0v) is 12.1. The number of nitriles is 1. The van der Waals surface area contributed by atoms with Crippen molar-refractivity contribution < 1.29 is 4.92 Å². The second-order valence-corrected chi connectivity index (χ2v) is 5.67. The molecule has 0 bridgehead atoms. The van der Waals surface area contributed by atoms with Gasteiger partial charge in [0, 0.05) is 25.1 Å². The Morgan fingerprint density at radius 3 is 2.55 bits per heavy atom. The molecule has 20 heavy (non-hydrogen) atoms. The molecule has 1 aromatic rings. The van der Waals surface area contributed by atoms with Crippen LogP contribution in [-0.2, 0) is 6.42 Å². The van der Waals surface area contributed by atoms with Crippen molar-refractivity contribution in [3.63, 3.8) is 0 Å². The number of nitrogens with zero attached hydrogens (tertiary/aromatic N) is 2. The fraction of sp³-hybridized carbons (Fsp3) is 0.533. The third-order valence-corrected chi connectivity index (χ3v) is 3.25. The van der Waals surface area contributed by atoms with E-state index in [-0.39, 0.29) is 16.0 Å². The van der Waals surface area contributed by atoms with Crippen LogP contribution in [0.4, 0.5) is 5.69 Å². The molecule has 5 nitrogen and oxygen atoms in total. The van der Waals surface area contributed by atoms with Crippen molar-refractivity contribution >= 4 is 5.69 Å². The summed E-state index contributed by atoms with van der Waals surface area (Å²) >= 11 is 0. The Kier molecular flexibility index (Phi) is 6.13. The second-order valence-electron chi connectivity index (χ2n) is 5.67. The van der Waals surface area contributed by atoms with Gasteiger partial charge in [-0.2, -0.15) is 5.26 Å². The maximum Gasteiger partial charge on any atom is 0.269 e. The number of benzene rings is 1. The minimum Gasteiger partial charge on any atom is -0.316 e. The molecular weight excluding hydrogens is 254 g/mol. The normalized spacial score (nSPS) is 11.1. The molecule has 0 saturated heterocycles. The van der Waals surface area contributed by atoms with Crippen molar-refractivity contribution in [3.8, 4) is 6.07 Å². The van der Waals surface area contributed by atoms with E-state index >= 15 is 0 Å². The number of hydrogen-bond acceptors (Lipinski definition) is 4. The largest absolute Gasteiger partial charge is 0.316 e. The highest BCUT2D eigenvalue weighted by Gasteiger charge is 2.16. The summed E-state index contributed by atoms with van der Waals surface area (Å²) in [6, 6.07) is 8.82. The van der Waals surface area contributed by atoms with E-state index in [1.165, 1.54) is 12.1 Å². The van der Waals surface area contributed by atoms with Gasteiger partial charge in [0.25, 0.3) is 5.69 Å². The summed E-state index contributed by atoms with van der Waals surface area (Å²) in [5.41, 5.74) is 1.32. The number of hydrogen-bond donors (Lipinski definition) is 1. The maximum atomic E-state index is 10.5. The van der Waals surface area contributed by atoms with E-state index in [4.69, 9.17) is 5.26 Å². The lowest BCUT2D eigenvalue weighted by molar-refractivity contribution is -0.384. The third kappa shape index (κ3) is 5.81. The van der Waals surface area contributed by atoms with Crippen LogP contribution in [0.3, 0.4) is 0 Å². The van der Waals surface area contributed by atoms with Gasteiger partial charge in [-0.1, -0.05) is 26.0 Å². The molecule has 0 radical (unpaired) electrons. The first-order valence-corrected chi connectivity index (χ1v) is 6.76. The Morgan fingerprint density at radius 1 is 1.35 bits per heavy atom. The topological polar surface area (TPSA) is 79.0 Å². The Morgan fingerprint density at radius 2 is 2.00 bits per heavy atom. The number of nitro groups is 1. The summed E-state index contributed by atoms with van der Waals surface area (Å²) in [6.45, 7) is 5.97. The zero-order valence-electron chi connectivity index (χ0n) is 12.1. The quantitative estimate of drug-likeness (QED) is 0.449. The van der Waals surface area contributed by atoms with Gasteiger partial charge < -0.3 is 5.32 Å². The molecule has 1 aromatic carbocycles. The molecule has 0 aromatic heterocycles. The van der Waals surface area contributed by atoms with E-state index in [1.54, 1.807) is 12.1 Å². The first-order chi connectivity index (χ1) is 9.44. The fourth-order valence-corrected chi connectivity index (χ4v) is 1.93. The van der Waals surface area contributed by atoms with Crippen LogP contribution in [0.2, 0.25) is 0 Å². The van der Waals surface area contributed by atoms with Gasteiger partial charge in [0.15, 0.2) is 0 Å². The predicted molar refractivity (Wildman–Crippen MR) is 78.3 cm³/mol. The molecule has 0 amide bonds. The average molecular weight is 275 g/mol. The van der Waals surface area contributed by atoms with Gasteiger partial charge in [0.1, 0.15) is 0 Å². The molecular formula is C15H21N3O2. The highest BCUT2D eigenvalue weighted by Crippen LogP contribution is 2.20. The van der Waals surface area contributed by atoms with E-state index in [0.717, 1.165) is 31.5 Å². The summed E-state index contributed by atoms with van der Waals surface area (Å²) in [6.07, 6.45) is 2.30. The summed E-state index contributed by atoms with van der Waals surface area (Å²) in [5, 5.41) is 22.5. The van der Waals surface area contributed by atoms with E-state index in [0.29, 0.717) is 6.42 Å². The number of rotatable bonds is 8. The molecule has 0 unspecified atom stereocenters. The second kappa shape index (κ2) is 7.61.